The summed E-state index contributed by atoms with van der Waals surface area (Å²) in [6.45, 7) is 4.57. The normalized spacial score (nSPS) is 11.7. The van der Waals surface area contributed by atoms with Crippen LogP contribution >= 0.6 is 0 Å². The molecule has 0 aliphatic heterocycles. The van der Waals surface area contributed by atoms with E-state index in [1.54, 1.807) is 0 Å². The van der Waals surface area contributed by atoms with Crippen LogP contribution in [0.1, 0.15) is 46.0 Å². The molecule has 0 rings (SSSR count). The Bertz CT molecular complexity index is 292. The highest BCUT2D eigenvalue weighted by Gasteiger charge is 2.08. The predicted molar refractivity (Wildman–Crippen MR) is 67.1 cm³/mol. The lowest BCUT2D eigenvalue weighted by atomic mass is 10.1. The van der Waals surface area contributed by atoms with Crippen LogP contribution in [-0.4, -0.2) is 29.6 Å². The van der Waals surface area contributed by atoms with Crippen molar-refractivity contribution in [2.24, 2.45) is 5.92 Å². The molecule has 0 radical (unpaired) electrons. The summed E-state index contributed by atoms with van der Waals surface area (Å²) in [7, 11) is 0. The van der Waals surface area contributed by atoms with Gasteiger partial charge in [0.25, 0.3) is 0 Å². The molecule has 1 atom stereocenters. The van der Waals surface area contributed by atoms with Gasteiger partial charge < -0.3 is 10.4 Å². The molecule has 6 nitrogen and oxygen atoms in total. The van der Waals surface area contributed by atoms with Crippen LogP contribution in [0.5, 0.6) is 0 Å². The highest BCUT2D eigenvalue weighted by atomic mass is 16.4. The fourth-order valence-electron chi connectivity index (χ4n) is 1.21. The molecule has 0 aliphatic carbocycles. The van der Waals surface area contributed by atoms with Crippen molar-refractivity contribution in [3.63, 3.8) is 0 Å². The molecule has 0 aromatic heterocycles. The summed E-state index contributed by atoms with van der Waals surface area (Å²) in [6.07, 6.45) is 2.09. The molecule has 0 saturated carbocycles. The van der Waals surface area contributed by atoms with Crippen LogP contribution in [0.4, 0.5) is 4.79 Å². The Labute approximate surface area is 107 Å². The van der Waals surface area contributed by atoms with E-state index in [1.165, 1.54) is 0 Å². The number of aliphatic carboxylic acids is 1. The van der Waals surface area contributed by atoms with E-state index in [0.29, 0.717) is 25.3 Å². The van der Waals surface area contributed by atoms with Gasteiger partial charge in [-0.05, 0) is 18.8 Å². The maximum absolute atomic E-state index is 11.3. The molecule has 104 valence electrons. The van der Waals surface area contributed by atoms with E-state index >= 15 is 0 Å². The summed E-state index contributed by atoms with van der Waals surface area (Å²) in [5.74, 6) is -0.870. The Kier molecular flexibility index (Phi) is 8.61. The maximum Gasteiger partial charge on any atom is 0.321 e. The van der Waals surface area contributed by atoms with E-state index in [9.17, 15) is 14.4 Å². The van der Waals surface area contributed by atoms with Crippen molar-refractivity contribution < 1.29 is 19.5 Å². The molecule has 0 bridgehead atoms. The topological polar surface area (TPSA) is 95.5 Å². The lowest BCUT2D eigenvalue weighted by Gasteiger charge is -2.10. The largest absolute Gasteiger partial charge is 0.481 e. The van der Waals surface area contributed by atoms with Gasteiger partial charge in [-0.15, -0.1) is 0 Å². The first-order valence-electron chi connectivity index (χ1n) is 6.25. The minimum Gasteiger partial charge on any atom is -0.481 e. The van der Waals surface area contributed by atoms with Crippen LogP contribution in [0.15, 0.2) is 0 Å². The minimum atomic E-state index is -0.873. The van der Waals surface area contributed by atoms with Crippen LogP contribution in [-0.2, 0) is 9.59 Å². The molecule has 0 heterocycles. The third-order valence-corrected chi connectivity index (χ3v) is 2.61. The van der Waals surface area contributed by atoms with Crippen molar-refractivity contribution in [1.29, 1.82) is 0 Å². The standard InChI is InChI=1S/C12H22N2O4/c1-3-9(2)8-13-12(18)14-10(15)6-4-5-7-11(16)17/h9H,3-8H2,1-2H3,(H,16,17)(H2,13,14,15,18). The molecule has 0 aliphatic rings. The molecular weight excluding hydrogens is 236 g/mol. The maximum atomic E-state index is 11.3. The number of hydrogen-bond acceptors (Lipinski definition) is 3. The number of rotatable bonds is 8. The third kappa shape index (κ3) is 9.62. The Hall–Kier alpha value is -1.59. The zero-order chi connectivity index (χ0) is 14.0. The smallest absolute Gasteiger partial charge is 0.321 e. The molecule has 1 unspecified atom stereocenters. The number of carboxylic acid groups (broad SMARTS) is 1. The van der Waals surface area contributed by atoms with Crippen molar-refractivity contribution in [3.8, 4) is 0 Å². The Morgan fingerprint density at radius 2 is 1.78 bits per heavy atom. The van der Waals surface area contributed by atoms with E-state index in [1.807, 2.05) is 13.8 Å². The van der Waals surface area contributed by atoms with Crippen molar-refractivity contribution >= 4 is 17.9 Å². The average Bonchev–Trinajstić information content (AvgIpc) is 2.31. The van der Waals surface area contributed by atoms with Crippen molar-refractivity contribution in [2.75, 3.05) is 6.54 Å². The molecule has 3 N–H and O–H groups in total. The SMILES string of the molecule is CCC(C)CNC(=O)NC(=O)CCCCC(=O)O. The third-order valence-electron chi connectivity index (χ3n) is 2.61. The van der Waals surface area contributed by atoms with Crippen molar-refractivity contribution in [1.82, 2.24) is 10.6 Å². The Morgan fingerprint density at radius 3 is 2.33 bits per heavy atom. The van der Waals surface area contributed by atoms with Gasteiger partial charge in [0.15, 0.2) is 0 Å². The zero-order valence-electron chi connectivity index (χ0n) is 11.0. The van der Waals surface area contributed by atoms with E-state index in [4.69, 9.17) is 5.11 Å². The second-order valence-corrected chi connectivity index (χ2v) is 4.37. The van der Waals surface area contributed by atoms with Crippen molar-refractivity contribution in [3.05, 3.63) is 0 Å². The number of hydrogen-bond donors (Lipinski definition) is 3. The molecule has 0 spiro atoms. The van der Waals surface area contributed by atoms with Gasteiger partial charge in [-0.2, -0.15) is 0 Å². The number of nitrogens with one attached hydrogen (secondary N) is 2. The van der Waals surface area contributed by atoms with Gasteiger partial charge in [-0.3, -0.25) is 14.9 Å². The zero-order valence-corrected chi connectivity index (χ0v) is 11.0. The number of carbonyl (C=O) groups is 3. The minimum absolute atomic E-state index is 0.0491. The van der Waals surface area contributed by atoms with Gasteiger partial charge in [0.05, 0.1) is 0 Å². The van der Waals surface area contributed by atoms with Crippen LogP contribution in [0.25, 0.3) is 0 Å². The Morgan fingerprint density at radius 1 is 1.17 bits per heavy atom. The van der Waals surface area contributed by atoms with Gasteiger partial charge in [-0.1, -0.05) is 20.3 Å². The molecule has 3 amide bonds. The second kappa shape index (κ2) is 9.44. The first kappa shape index (κ1) is 16.4. The Balaban J connectivity index is 3.61. The highest BCUT2D eigenvalue weighted by Crippen LogP contribution is 2.00. The number of imide groups is 1. The van der Waals surface area contributed by atoms with E-state index in [-0.39, 0.29) is 18.7 Å². The van der Waals surface area contributed by atoms with Gasteiger partial charge in [-0.25, -0.2) is 4.79 Å². The number of carboxylic acids is 1. The molecule has 0 aromatic carbocycles. The fourth-order valence-corrected chi connectivity index (χ4v) is 1.21. The summed E-state index contributed by atoms with van der Waals surface area (Å²) in [4.78, 5) is 32.8. The van der Waals surface area contributed by atoms with E-state index < -0.39 is 12.0 Å². The number of urea groups is 1. The van der Waals surface area contributed by atoms with Gasteiger partial charge in [0.1, 0.15) is 0 Å². The van der Waals surface area contributed by atoms with E-state index in [2.05, 4.69) is 10.6 Å². The highest BCUT2D eigenvalue weighted by molar-refractivity contribution is 5.94. The number of carbonyl (C=O) groups excluding carboxylic acids is 2. The van der Waals surface area contributed by atoms with Gasteiger partial charge in [0.2, 0.25) is 5.91 Å². The fraction of sp³-hybridized carbons (Fsp3) is 0.750. The lowest BCUT2D eigenvalue weighted by molar-refractivity contribution is -0.137. The molecule has 6 heteroatoms. The molecule has 0 fully saturated rings. The summed E-state index contributed by atoms with van der Waals surface area (Å²) < 4.78 is 0. The number of amides is 3. The monoisotopic (exact) mass is 258 g/mol. The second-order valence-electron chi connectivity index (χ2n) is 4.37. The van der Waals surface area contributed by atoms with Crippen LogP contribution in [0.2, 0.25) is 0 Å². The molecule has 0 saturated heterocycles. The average molecular weight is 258 g/mol. The quantitative estimate of drug-likeness (QED) is 0.575. The molecular formula is C12H22N2O4. The summed E-state index contributed by atoms with van der Waals surface area (Å²) >= 11 is 0. The van der Waals surface area contributed by atoms with Crippen LogP contribution < -0.4 is 10.6 Å². The number of unbranched alkanes of at least 4 members (excludes halogenated alkanes) is 1. The van der Waals surface area contributed by atoms with E-state index in [0.717, 1.165) is 6.42 Å². The van der Waals surface area contributed by atoms with Gasteiger partial charge in [0, 0.05) is 19.4 Å². The summed E-state index contributed by atoms with van der Waals surface area (Å²) in [5, 5.41) is 13.2. The van der Waals surface area contributed by atoms with Crippen molar-refractivity contribution in [2.45, 2.75) is 46.0 Å². The lowest BCUT2D eigenvalue weighted by Crippen LogP contribution is -2.41. The summed E-state index contributed by atoms with van der Waals surface area (Å²) in [5.41, 5.74) is 0. The molecule has 18 heavy (non-hydrogen) atoms. The predicted octanol–water partition coefficient (Wildman–Crippen LogP) is 1.50. The molecule has 0 aromatic rings. The summed E-state index contributed by atoms with van der Waals surface area (Å²) in [6, 6.07) is -0.487. The van der Waals surface area contributed by atoms with Gasteiger partial charge >= 0.3 is 12.0 Å². The van der Waals surface area contributed by atoms with Crippen LogP contribution in [0, 0.1) is 5.92 Å². The first-order chi connectivity index (χ1) is 8.45. The first-order valence-corrected chi connectivity index (χ1v) is 6.25. The van der Waals surface area contributed by atoms with Crippen LogP contribution in [0.3, 0.4) is 0 Å².